The van der Waals surface area contributed by atoms with Gasteiger partial charge in [0.1, 0.15) is 11.9 Å². The molecular formula is C22H30FN3O4. The zero-order chi connectivity index (χ0) is 22.7. The van der Waals surface area contributed by atoms with E-state index in [0.29, 0.717) is 12.2 Å². The van der Waals surface area contributed by atoms with Gasteiger partial charge in [-0.15, -0.1) is 0 Å². The van der Waals surface area contributed by atoms with Gasteiger partial charge in [-0.05, 0) is 24.8 Å². The van der Waals surface area contributed by atoms with E-state index in [1.165, 1.54) is 13.0 Å². The van der Waals surface area contributed by atoms with E-state index in [9.17, 15) is 14.0 Å². The molecule has 0 saturated carbocycles. The number of aromatic nitrogens is 2. The lowest BCUT2D eigenvalue weighted by atomic mass is 9.96. The van der Waals surface area contributed by atoms with Gasteiger partial charge >= 0.3 is 11.7 Å². The average Bonchev–Trinajstić information content (AvgIpc) is 3.01. The maximum absolute atomic E-state index is 13.0. The molecule has 0 aliphatic heterocycles. The second kappa shape index (κ2) is 12.5. The van der Waals surface area contributed by atoms with Gasteiger partial charge in [-0.2, -0.15) is 0 Å². The van der Waals surface area contributed by atoms with Crippen molar-refractivity contribution >= 4 is 11.7 Å². The Morgan fingerprint density at radius 2 is 1.97 bits per heavy atom. The third kappa shape index (κ3) is 7.77. The third-order valence-electron chi connectivity index (χ3n) is 4.08. The molecule has 1 unspecified atom stereocenters. The molecule has 1 aromatic heterocycles. The number of rotatable bonds is 7. The number of ether oxygens (including phenoxy) is 1. The molecule has 2 rings (SSSR count). The van der Waals surface area contributed by atoms with Crippen LogP contribution in [-0.4, -0.2) is 34.6 Å². The molecule has 0 aliphatic rings. The lowest BCUT2D eigenvalue weighted by Gasteiger charge is -2.22. The van der Waals surface area contributed by atoms with Gasteiger partial charge in [-0.3, -0.25) is 18.9 Å². The van der Waals surface area contributed by atoms with E-state index in [4.69, 9.17) is 4.74 Å². The molecule has 1 aromatic carbocycles. The highest BCUT2D eigenvalue weighted by Gasteiger charge is 2.23. The number of carbonyl (C=O) groups excluding carboxylic acids is 1. The summed E-state index contributed by atoms with van der Waals surface area (Å²) in [7, 11) is 1.72. The topological polar surface area (TPSA) is 86.7 Å². The van der Waals surface area contributed by atoms with Crippen molar-refractivity contribution in [2.75, 3.05) is 7.05 Å². The number of carbonyl (C=O) groups is 1. The lowest BCUT2D eigenvalue weighted by Crippen LogP contribution is -2.32. The Bertz CT molecular complexity index is 914. The zero-order valence-corrected chi connectivity index (χ0v) is 18.4. The van der Waals surface area contributed by atoms with E-state index in [1.54, 1.807) is 14.0 Å². The first kappa shape index (κ1) is 25.0. The molecule has 0 aliphatic carbocycles. The molecule has 0 fully saturated rings. The van der Waals surface area contributed by atoms with Crippen LogP contribution in [-0.2, 0) is 16.1 Å². The molecule has 0 bridgehead atoms. The van der Waals surface area contributed by atoms with Crippen molar-refractivity contribution in [2.45, 2.75) is 53.7 Å². The van der Waals surface area contributed by atoms with Crippen LogP contribution in [0.25, 0.3) is 0 Å². The zero-order valence-electron chi connectivity index (χ0n) is 18.4. The van der Waals surface area contributed by atoms with E-state index in [-0.39, 0.29) is 30.4 Å². The summed E-state index contributed by atoms with van der Waals surface area (Å²) in [6.45, 7) is 8.77. The van der Waals surface area contributed by atoms with Crippen molar-refractivity contribution in [2.24, 2.45) is 10.9 Å². The molecule has 8 heteroatoms. The number of hydrogen-bond acceptors (Lipinski definition) is 6. The van der Waals surface area contributed by atoms with Crippen molar-refractivity contribution in [3.63, 3.8) is 0 Å². The summed E-state index contributed by atoms with van der Waals surface area (Å²) in [4.78, 5) is 26.3. The molecule has 0 N–H and O–H groups in total. The summed E-state index contributed by atoms with van der Waals surface area (Å²) >= 11 is 0. The Morgan fingerprint density at radius 1 is 1.33 bits per heavy atom. The Kier molecular flexibility index (Phi) is 10.4. The minimum Gasteiger partial charge on any atom is -0.456 e. The molecule has 0 amide bonds. The van der Waals surface area contributed by atoms with Crippen molar-refractivity contribution in [1.82, 2.24) is 9.72 Å². The standard InChI is InChI=1S/C14H19NO2.C8H11FN2O2/c1-10(2)14(17-11(3)16)13(15-4)12-8-6-5-7-9-12;1-3-4-7(9)5-11-6(2)10-13-8(11)12/h5-10,14H,1-4H3;4H,3,5H2,1-2H3/b;7-4+. The number of hydrogen-bond donors (Lipinski definition) is 0. The van der Waals surface area contributed by atoms with E-state index in [1.807, 2.05) is 51.1 Å². The van der Waals surface area contributed by atoms with Crippen molar-refractivity contribution in [1.29, 1.82) is 0 Å². The Labute approximate surface area is 176 Å². The molecule has 30 heavy (non-hydrogen) atoms. The number of benzene rings is 1. The first-order valence-electron chi connectivity index (χ1n) is 9.78. The van der Waals surface area contributed by atoms with Crippen LogP contribution in [0, 0.1) is 12.8 Å². The number of aliphatic imine (C=N–C) groups is 1. The fourth-order valence-electron chi connectivity index (χ4n) is 2.67. The van der Waals surface area contributed by atoms with Gasteiger partial charge in [0.25, 0.3) is 0 Å². The monoisotopic (exact) mass is 419 g/mol. The highest BCUT2D eigenvalue weighted by molar-refractivity contribution is 6.04. The van der Waals surface area contributed by atoms with Crippen molar-refractivity contribution in [3.05, 3.63) is 64.2 Å². The first-order chi connectivity index (χ1) is 14.2. The Balaban J connectivity index is 0.000000311. The molecule has 2 aromatic rings. The Morgan fingerprint density at radius 3 is 2.40 bits per heavy atom. The first-order valence-corrected chi connectivity index (χ1v) is 9.78. The van der Waals surface area contributed by atoms with Crippen LogP contribution >= 0.6 is 0 Å². The van der Waals surface area contributed by atoms with E-state index < -0.39 is 5.76 Å². The summed E-state index contributed by atoms with van der Waals surface area (Å²) in [6.07, 6.45) is 1.73. The van der Waals surface area contributed by atoms with E-state index in [0.717, 1.165) is 15.8 Å². The van der Waals surface area contributed by atoms with Gasteiger partial charge < -0.3 is 4.74 Å². The summed E-state index contributed by atoms with van der Waals surface area (Å²) in [5, 5.41) is 3.41. The highest BCUT2D eigenvalue weighted by atomic mass is 19.1. The van der Waals surface area contributed by atoms with E-state index >= 15 is 0 Å². The highest BCUT2D eigenvalue weighted by Crippen LogP contribution is 2.15. The molecule has 0 radical (unpaired) electrons. The third-order valence-corrected chi connectivity index (χ3v) is 4.08. The van der Waals surface area contributed by atoms with Gasteiger partial charge in [0.05, 0.1) is 12.3 Å². The minimum absolute atomic E-state index is 0.0952. The maximum Gasteiger partial charge on any atom is 0.441 e. The van der Waals surface area contributed by atoms with Gasteiger partial charge in [0, 0.05) is 14.0 Å². The van der Waals surface area contributed by atoms with Crippen LogP contribution in [0.2, 0.25) is 0 Å². The number of esters is 1. The molecular weight excluding hydrogens is 389 g/mol. The van der Waals surface area contributed by atoms with Gasteiger partial charge in [-0.1, -0.05) is 62.3 Å². The Hall–Kier alpha value is -3.03. The van der Waals surface area contributed by atoms with Crippen LogP contribution < -0.4 is 5.76 Å². The summed E-state index contributed by atoms with van der Waals surface area (Å²) < 4.78 is 23.8. The predicted molar refractivity (Wildman–Crippen MR) is 114 cm³/mol. The smallest absolute Gasteiger partial charge is 0.441 e. The molecule has 0 saturated heterocycles. The predicted octanol–water partition coefficient (Wildman–Crippen LogP) is 4.10. The van der Waals surface area contributed by atoms with Gasteiger partial charge in [-0.25, -0.2) is 9.18 Å². The summed E-state index contributed by atoms with van der Waals surface area (Å²) in [5.41, 5.74) is 1.81. The lowest BCUT2D eigenvalue weighted by molar-refractivity contribution is -0.144. The fraction of sp³-hybridized carbons (Fsp3) is 0.455. The van der Waals surface area contributed by atoms with E-state index in [2.05, 4.69) is 14.7 Å². The van der Waals surface area contributed by atoms with Crippen LogP contribution in [0.1, 0.15) is 45.5 Å². The molecule has 1 atom stereocenters. The summed E-state index contributed by atoms with van der Waals surface area (Å²) in [5.74, 6) is -0.684. The second-order valence-electron chi connectivity index (χ2n) is 6.89. The van der Waals surface area contributed by atoms with Crippen LogP contribution in [0.3, 0.4) is 0 Å². The molecule has 7 nitrogen and oxygen atoms in total. The fourth-order valence-corrected chi connectivity index (χ4v) is 2.67. The number of halogens is 1. The SMILES string of the molecule is CC/C=C(/F)Cn1c(C)noc1=O.CN=C(c1ccccc1)C(OC(C)=O)C(C)C. The number of nitrogens with zero attached hydrogens (tertiary/aromatic N) is 3. The van der Waals surface area contributed by atoms with Crippen molar-refractivity contribution in [3.8, 4) is 0 Å². The normalized spacial score (nSPS) is 12.9. The second-order valence-corrected chi connectivity index (χ2v) is 6.89. The molecule has 0 spiro atoms. The largest absolute Gasteiger partial charge is 0.456 e. The van der Waals surface area contributed by atoms with Crippen LogP contribution in [0.4, 0.5) is 4.39 Å². The van der Waals surface area contributed by atoms with Gasteiger partial charge in [0.15, 0.2) is 5.82 Å². The molecule has 1 heterocycles. The van der Waals surface area contributed by atoms with Crippen LogP contribution in [0.15, 0.2) is 56.5 Å². The van der Waals surface area contributed by atoms with Crippen molar-refractivity contribution < 1.29 is 18.4 Å². The average molecular weight is 419 g/mol. The quantitative estimate of drug-likeness (QED) is 0.498. The number of aryl methyl sites for hydroxylation is 1. The van der Waals surface area contributed by atoms with Crippen LogP contribution in [0.5, 0.6) is 0 Å². The number of allylic oxidation sites excluding steroid dienone is 2. The maximum atomic E-state index is 13.0. The summed E-state index contributed by atoms with van der Waals surface area (Å²) in [6, 6.07) is 9.80. The minimum atomic E-state index is -0.628. The van der Waals surface area contributed by atoms with Gasteiger partial charge in [0.2, 0.25) is 0 Å². The molecule has 164 valence electrons.